The number of nitro groups is 1. The van der Waals surface area contributed by atoms with Gasteiger partial charge in [-0.3, -0.25) is 20.2 Å². The third kappa shape index (κ3) is 2.74. The molecule has 0 fully saturated rings. The van der Waals surface area contributed by atoms with Crippen LogP contribution in [0.3, 0.4) is 0 Å². The molecule has 0 atom stereocenters. The van der Waals surface area contributed by atoms with Crippen LogP contribution < -0.4 is 11.1 Å². The number of nitrogens with two attached hydrogens (primary N) is 1. The van der Waals surface area contributed by atoms with E-state index in [1.54, 1.807) is 5.32 Å². The molecule has 3 N–H and O–H groups in total. The molecular weight excluding hydrogens is 221 g/mol. The standard InChI is InChI=1S/C8H6FN3O4/c9-5-1-4(7(13)11-8(10)14)2-6(3-5)12(15)16/h1-3H,(H3,10,11,13,14). The Morgan fingerprint density at radius 3 is 2.50 bits per heavy atom. The van der Waals surface area contributed by atoms with Crippen LogP contribution in [0.15, 0.2) is 18.2 Å². The van der Waals surface area contributed by atoms with E-state index in [0.717, 1.165) is 12.1 Å². The number of halogens is 1. The van der Waals surface area contributed by atoms with Gasteiger partial charge in [-0.15, -0.1) is 0 Å². The predicted octanol–water partition coefficient (Wildman–Crippen LogP) is 0.542. The van der Waals surface area contributed by atoms with Crippen molar-refractivity contribution in [1.29, 1.82) is 0 Å². The van der Waals surface area contributed by atoms with Gasteiger partial charge in [0.15, 0.2) is 0 Å². The SMILES string of the molecule is NC(=O)NC(=O)c1cc(F)cc([N+](=O)[O-])c1. The van der Waals surface area contributed by atoms with Crippen molar-refractivity contribution < 1.29 is 18.9 Å². The Labute approximate surface area is 88.2 Å². The number of primary amides is 1. The van der Waals surface area contributed by atoms with Crippen molar-refractivity contribution >= 4 is 17.6 Å². The summed E-state index contributed by atoms with van der Waals surface area (Å²) in [5, 5.41) is 12.0. The van der Waals surface area contributed by atoms with Gasteiger partial charge >= 0.3 is 6.03 Å². The van der Waals surface area contributed by atoms with E-state index in [4.69, 9.17) is 0 Å². The molecule has 16 heavy (non-hydrogen) atoms. The lowest BCUT2D eigenvalue weighted by Crippen LogP contribution is -2.35. The summed E-state index contributed by atoms with van der Waals surface area (Å²) in [5.74, 6) is -1.96. The van der Waals surface area contributed by atoms with Crippen molar-refractivity contribution in [1.82, 2.24) is 5.32 Å². The van der Waals surface area contributed by atoms with Gasteiger partial charge in [-0.25, -0.2) is 9.18 Å². The van der Waals surface area contributed by atoms with Gasteiger partial charge in [0.1, 0.15) is 5.82 Å². The molecular formula is C8H6FN3O4. The zero-order valence-corrected chi connectivity index (χ0v) is 7.77. The van der Waals surface area contributed by atoms with E-state index in [-0.39, 0.29) is 5.56 Å². The average molecular weight is 227 g/mol. The van der Waals surface area contributed by atoms with Crippen LogP contribution in [0.5, 0.6) is 0 Å². The second-order valence-corrected chi connectivity index (χ2v) is 2.77. The van der Waals surface area contributed by atoms with E-state index in [9.17, 15) is 24.1 Å². The maximum Gasteiger partial charge on any atom is 0.319 e. The minimum Gasteiger partial charge on any atom is -0.351 e. The minimum atomic E-state index is -1.13. The Morgan fingerprint density at radius 2 is 2.00 bits per heavy atom. The zero-order valence-electron chi connectivity index (χ0n) is 7.77. The van der Waals surface area contributed by atoms with Gasteiger partial charge in [-0.1, -0.05) is 0 Å². The van der Waals surface area contributed by atoms with Gasteiger partial charge in [0, 0.05) is 11.6 Å². The van der Waals surface area contributed by atoms with Crippen molar-refractivity contribution in [3.8, 4) is 0 Å². The number of non-ortho nitro benzene ring substituents is 1. The highest BCUT2D eigenvalue weighted by Gasteiger charge is 2.15. The van der Waals surface area contributed by atoms with Crippen LogP contribution in [0, 0.1) is 15.9 Å². The number of amides is 3. The van der Waals surface area contributed by atoms with Crippen molar-refractivity contribution in [3.05, 3.63) is 39.7 Å². The first-order chi connectivity index (χ1) is 7.40. The summed E-state index contributed by atoms with van der Waals surface area (Å²) >= 11 is 0. The lowest BCUT2D eigenvalue weighted by molar-refractivity contribution is -0.385. The number of nitrogens with one attached hydrogen (secondary N) is 1. The minimum absolute atomic E-state index is 0.356. The maximum atomic E-state index is 12.9. The molecule has 0 saturated carbocycles. The van der Waals surface area contributed by atoms with Crippen LogP contribution in [-0.2, 0) is 0 Å². The maximum absolute atomic E-state index is 12.9. The van der Waals surface area contributed by atoms with Crippen LogP contribution in [0.1, 0.15) is 10.4 Å². The first-order valence-electron chi connectivity index (χ1n) is 3.96. The molecule has 0 saturated heterocycles. The number of benzene rings is 1. The van der Waals surface area contributed by atoms with Crippen LogP contribution in [0.2, 0.25) is 0 Å². The molecule has 0 radical (unpaired) electrons. The van der Waals surface area contributed by atoms with Gasteiger partial charge in [-0.05, 0) is 6.07 Å². The lowest BCUT2D eigenvalue weighted by atomic mass is 10.2. The lowest BCUT2D eigenvalue weighted by Gasteiger charge is -2.01. The Kier molecular flexibility index (Phi) is 3.14. The number of urea groups is 1. The molecule has 0 unspecified atom stereocenters. The average Bonchev–Trinajstić information content (AvgIpc) is 2.15. The Balaban J connectivity index is 3.09. The molecule has 0 heterocycles. The van der Waals surface area contributed by atoms with Gasteiger partial charge in [0.05, 0.1) is 11.0 Å². The topological polar surface area (TPSA) is 115 Å². The number of hydrogen-bond donors (Lipinski definition) is 2. The largest absolute Gasteiger partial charge is 0.351 e. The monoisotopic (exact) mass is 227 g/mol. The van der Waals surface area contributed by atoms with Crippen LogP contribution in [0.25, 0.3) is 0 Å². The molecule has 0 spiro atoms. The molecule has 3 amide bonds. The second-order valence-electron chi connectivity index (χ2n) is 2.77. The van der Waals surface area contributed by atoms with Crippen molar-refractivity contribution in [2.24, 2.45) is 5.73 Å². The molecule has 1 aromatic carbocycles. The highest BCUT2D eigenvalue weighted by atomic mass is 19.1. The molecule has 84 valence electrons. The van der Waals surface area contributed by atoms with E-state index >= 15 is 0 Å². The molecule has 1 aromatic rings. The van der Waals surface area contributed by atoms with Gasteiger partial charge in [-0.2, -0.15) is 0 Å². The number of nitrogens with zero attached hydrogens (tertiary/aromatic N) is 1. The van der Waals surface area contributed by atoms with E-state index in [0.29, 0.717) is 6.07 Å². The Hall–Kier alpha value is -2.51. The summed E-state index contributed by atoms with van der Waals surface area (Å²) in [6.45, 7) is 0. The summed E-state index contributed by atoms with van der Waals surface area (Å²) in [6.07, 6.45) is 0. The van der Waals surface area contributed by atoms with E-state index < -0.39 is 28.4 Å². The third-order valence-electron chi connectivity index (χ3n) is 1.59. The fraction of sp³-hybridized carbons (Fsp3) is 0. The summed E-state index contributed by atoms with van der Waals surface area (Å²) < 4.78 is 12.9. The van der Waals surface area contributed by atoms with E-state index in [1.165, 1.54) is 0 Å². The van der Waals surface area contributed by atoms with Crippen LogP contribution in [-0.4, -0.2) is 16.9 Å². The molecule has 0 aliphatic rings. The number of imide groups is 1. The summed E-state index contributed by atoms with van der Waals surface area (Å²) in [7, 11) is 0. The molecule has 0 bridgehead atoms. The Morgan fingerprint density at radius 1 is 1.38 bits per heavy atom. The molecule has 7 nitrogen and oxygen atoms in total. The van der Waals surface area contributed by atoms with Crippen LogP contribution >= 0.6 is 0 Å². The summed E-state index contributed by atoms with van der Waals surface area (Å²) in [5.41, 5.74) is 3.72. The smallest absolute Gasteiger partial charge is 0.319 e. The van der Waals surface area contributed by atoms with E-state index in [2.05, 4.69) is 5.73 Å². The van der Waals surface area contributed by atoms with Crippen LogP contribution in [0.4, 0.5) is 14.9 Å². The fourth-order valence-corrected chi connectivity index (χ4v) is 0.995. The molecule has 0 aromatic heterocycles. The molecule has 0 aliphatic heterocycles. The highest BCUT2D eigenvalue weighted by molar-refractivity contribution is 6.04. The molecule has 1 rings (SSSR count). The first kappa shape index (κ1) is 11.6. The number of carbonyl (C=O) groups is 2. The second kappa shape index (κ2) is 4.34. The van der Waals surface area contributed by atoms with Gasteiger partial charge in [0.2, 0.25) is 0 Å². The van der Waals surface area contributed by atoms with Crippen molar-refractivity contribution in [2.45, 2.75) is 0 Å². The fourth-order valence-electron chi connectivity index (χ4n) is 0.995. The first-order valence-corrected chi connectivity index (χ1v) is 3.96. The zero-order chi connectivity index (χ0) is 12.3. The Bertz CT molecular complexity index is 474. The highest BCUT2D eigenvalue weighted by Crippen LogP contribution is 2.16. The number of rotatable bonds is 2. The van der Waals surface area contributed by atoms with E-state index in [1.807, 2.05) is 0 Å². The van der Waals surface area contributed by atoms with Gasteiger partial charge < -0.3 is 5.73 Å². The van der Waals surface area contributed by atoms with Gasteiger partial charge in [0.25, 0.3) is 11.6 Å². The summed E-state index contributed by atoms with van der Waals surface area (Å²) in [4.78, 5) is 31.0. The van der Waals surface area contributed by atoms with Crippen molar-refractivity contribution in [2.75, 3.05) is 0 Å². The quantitative estimate of drug-likeness (QED) is 0.566. The predicted molar refractivity (Wildman–Crippen MR) is 50.1 cm³/mol. The summed E-state index contributed by atoms with van der Waals surface area (Å²) in [6, 6.07) is 1.12. The van der Waals surface area contributed by atoms with Crippen molar-refractivity contribution in [3.63, 3.8) is 0 Å². The third-order valence-corrected chi connectivity index (χ3v) is 1.59. The molecule has 8 heteroatoms. The number of nitro benzene ring substituents is 1. The number of hydrogen-bond acceptors (Lipinski definition) is 4. The molecule has 0 aliphatic carbocycles. The number of carbonyl (C=O) groups excluding carboxylic acids is 2. The normalized spacial score (nSPS) is 9.56.